The number of amides is 1. The summed E-state index contributed by atoms with van der Waals surface area (Å²) in [6.07, 6.45) is 0. The maximum atomic E-state index is 11.3. The monoisotopic (exact) mass is 387 g/mol. The van der Waals surface area contributed by atoms with Crippen LogP contribution in [-0.2, 0) is 17.9 Å². The van der Waals surface area contributed by atoms with E-state index in [0.29, 0.717) is 0 Å². The molecule has 0 atom stereocenters. The summed E-state index contributed by atoms with van der Waals surface area (Å²) in [6, 6.07) is 25.3. The van der Waals surface area contributed by atoms with E-state index >= 15 is 0 Å². The van der Waals surface area contributed by atoms with E-state index in [2.05, 4.69) is 77.1 Å². The third kappa shape index (κ3) is 5.85. The molecule has 0 fully saturated rings. The first-order valence-corrected chi connectivity index (χ1v) is 10.0. The van der Waals surface area contributed by atoms with Crippen molar-refractivity contribution in [2.24, 2.45) is 0 Å². The summed E-state index contributed by atoms with van der Waals surface area (Å²) in [5.41, 5.74) is 6.64. The molecule has 0 radical (unpaired) electrons. The molecular formula is C25H29N3O. The molecule has 4 heteroatoms. The summed E-state index contributed by atoms with van der Waals surface area (Å²) in [7, 11) is 0. The molecule has 2 N–H and O–H groups in total. The molecule has 0 aliphatic rings. The van der Waals surface area contributed by atoms with Crippen LogP contribution in [0.25, 0.3) is 0 Å². The van der Waals surface area contributed by atoms with Gasteiger partial charge >= 0.3 is 0 Å². The third-order valence-corrected chi connectivity index (χ3v) is 4.94. The van der Waals surface area contributed by atoms with Gasteiger partial charge in [-0.1, -0.05) is 48.5 Å². The topological polar surface area (TPSA) is 44.4 Å². The zero-order valence-electron chi connectivity index (χ0n) is 17.4. The lowest BCUT2D eigenvalue weighted by Crippen LogP contribution is -2.21. The first kappa shape index (κ1) is 20.5. The molecule has 0 unspecified atom stereocenters. The highest BCUT2D eigenvalue weighted by Gasteiger charge is 2.06. The summed E-state index contributed by atoms with van der Waals surface area (Å²) in [6.45, 7) is 8.29. The fourth-order valence-electron chi connectivity index (χ4n) is 3.27. The molecule has 4 nitrogen and oxygen atoms in total. The zero-order valence-corrected chi connectivity index (χ0v) is 17.4. The normalized spacial score (nSPS) is 10.4. The smallest absolute Gasteiger partial charge is 0.221 e. The zero-order chi connectivity index (χ0) is 20.6. The van der Waals surface area contributed by atoms with Crippen molar-refractivity contribution in [2.45, 2.75) is 33.9 Å². The lowest BCUT2D eigenvalue weighted by Gasteiger charge is -2.23. The molecule has 3 rings (SSSR count). The van der Waals surface area contributed by atoms with E-state index in [1.54, 1.807) is 0 Å². The Morgan fingerprint density at radius 3 is 2.31 bits per heavy atom. The molecule has 0 saturated carbocycles. The van der Waals surface area contributed by atoms with Crippen LogP contribution in [0.3, 0.4) is 0 Å². The van der Waals surface area contributed by atoms with Crippen LogP contribution in [0.4, 0.5) is 17.1 Å². The third-order valence-electron chi connectivity index (χ3n) is 4.94. The highest BCUT2D eigenvalue weighted by atomic mass is 16.1. The predicted octanol–water partition coefficient (Wildman–Crippen LogP) is 5.59. The fourth-order valence-corrected chi connectivity index (χ4v) is 3.27. The van der Waals surface area contributed by atoms with E-state index in [9.17, 15) is 4.79 Å². The number of anilines is 3. The van der Waals surface area contributed by atoms with Crippen LogP contribution < -0.4 is 15.5 Å². The highest BCUT2D eigenvalue weighted by molar-refractivity contribution is 5.90. The van der Waals surface area contributed by atoms with E-state index in [0.717, 1.165) is 36.6 Å². The number of rotatable bonds is 8. The van der Waals surface area contributed by atoms with Gasteiger partial charge in [-0.3, -0.25) is 4.79 Å². The van der Waals surface area contributed by atoms with Gasteiger partial charge in [0.05, 0.1) is 0 Å². The minimum Gasteiger partial charge on any atom is -0.381 e. The van der Waals surface area contributed by atoms with Crippen molar-refractivity contribution in [3.05, 3.63) is 89.5 Å². The maximum Gasteiger partial charge on any atom is 0.221 e. The molecule has 0 saturated heterocycles. The predicted molar refractivity (Wildman–Crippen MR) is 122 cm³/mol. The van der Waals surface area contributed by atoms with Crippen molar-refractivity contribution < 1.29 is 4.79 Å². The second-order valence-corrected chi connectivity index (χ2v) is 7.23. The second-order valence-electron chi connectivity index (χ2n) is 7.23. The molecular weight excluding hydrogens is 358 g/mol. The number of carbonyl (C=O) groups excluding carboxylic acids is 1. The van der Waals surface area contributed by atoms with Gasteiger partial charge in [0.1, 0.15) is 0 Å². The number of carbonyl (C=O) groups is 1. The first-order chi connectivity index (χ1) is 14.0. The minimum absolute atomic E-state index is 0.0585. The molecule has 0 spiro atoms. The molecule has 0 aliphatic heterocycles. The van der Waals surface area contributed by atoms with Crippen LogP contribution in [-0.4, -0.2) is 12.5 Å². The van der Waals surface area contributed by atoms with Crippen LogP contribution >= 0.6 is 0 Å². The second kappa shape index (κ2) is 9.78. The van der Waals surface area contributed by atoms with E-state index in [1.807, 2.05) is 25.1 Å². The largest absolute Gasteiger partial charge is 0.381 e. The van der Waals surface area contributed by atoms with Gasteiger partial charge in [0.25, 0.3) is 0 Å². The summed E-state index contributed by atoms with van der Waals surface area (Å²) in [4.78, 5) is 13.7. The standard InChI is InChI=1S/C25H29N3O/c1-4-28(18-22-8-6-5-7-9-22)24-14-11-21(12-15-24)17-26-23-13-10-19(2)25(16-23)27-20(3)29/h5-16,26H,4,17-18H2,1-3H3,(H,27,29). The Kier molecular flexibility index (Phi) is 6.90. The Balaban J connectivity index is 1.62. The first-order valence-electron chi connectivity index (χ1n) is 10.0. The highest BCUT2D eigenvalue weighted by Crippen LogP contribution is 2.22. The van der Waals surface area contributed by atoms with Crippen LogP contribution in [0.1, 0.15) is 30.5 Å². The minimum atomic E-state index is -0.0585. The van der Waals surface area contributed by atoms with Crippen LogP contribution in [0, 0.1) is 6.92 Å². The Morgan fingerprint density at radius 2 is 1.66 bits per heavy atom. The maximum absolute atomic E-state index is 11.3. The van der Waals surface area contributed by atoms with E-state index in [-0.39, 0.29) is 5.91 Å². The molecule has 0 heterocycles. The number of benzene rings is 3. The van der Waals surface area contributed by atoms with Crippen LogP contribution in [0.5, 0.6) is 0 Å². The average molecular weight is 388 g/mol. The molecule has 0 aliphatic carbocycles. The van der Waals surface area contributed by atoms with E-state index in [1.165, 1.54) is 23.7 Å². The number of aryl methyl sites for hydroxylation is 1. The van der Waals surface area contributed by atoms with Crippen LogP contribution in [0.2, 0.25) is 0 Å². The number of hydrogen-bond acceptors (Lipinski definition) is 3. The SMILES string of the molecule is CCN(Cc1ccccc1)c1ccc(CNc2ccc(C)c(NC(C)=O)c2)cc1. The summed E-state index contributed by atoms with van der Waals surface area (Å²) >= 11 is 0. The molecule has 3 aromatic carbocycles. The molecule has 3 aromatic rings. The van der Waals surface area contributed by atoms with Gasteiger partial charge < -0.3 is 15.5 Å². The van der Waals surface area contributed by atoms with Crippen molar-refractivity contribution in [3.63, 3.8) is 0 Å². The van der Waals surface area contributed by atoms with Gasteiger partial charge in [0, 0.05) is 43.6 Å². The molecule has 0 aromatic heterocycles. The van der Waals surface area contributed by atoms with E-state index < -0.39 is 0 Å². The molecule has 150 valence electrons. The Bertz CT molecular complexity index is 936. The summed E-state index contributed by atoms with van der Waals surface area (Å²) < 4.78 is 0. The van der Waals surface area contributed by atoms with Crippen molar-refractivity contribution in [1.82, 2.24) is 0 Å². The quantitative estimate of drug-likeness (QED) is 0.529. The van der Waals surface area contributed by atoms with Gasteiger partial charge in [-0.2, -0.15) is 0 Å². The van der Waals surface area contributed by atoms with Crippen LogP contribution in [0.15, 0.2) is 72.8 Å². The number of nitrogens with one attached hydrogen (secondary N) is 2. The van der Waals surface area contributed by atoms with Crippen molar-refractivity contribution in [3.8, 4) is 0 Å². The molecule has 29 heavy (non-hydrogen) atoms. The van der Waals surface area contributed by atoms with Gasteiger partial charge in [0.15, 0.2) is 0 Å². The van der Waals surface area contributed by atoms with Gasteiger partial charge in [-0.05, 0) is 54.8 Å². The molecule has 0 bridgehead atoms. The lowest BCUT2D eigenvalue weighted by molar-refractivity contribution is -0.114. The molecule has 1 amide bonds. The Labute approximate surface area is 173 Å². The van der Waals surface area contributed by atoms with Gasteiger partial charge in [-0.15, -0.1) is 0 Å². The number of nitrogens with zero attached hydrogens (tertiary/aromatic N) is 1. The lowest BCUT2D eigenvalue weighted by atomic mass is 10.1. The van der Waals surface area contributed by atoms with Crippen molar-refractivity contribution >= 4 is 23.0 Å². The van der Waals surface area contributed by atoms with E-state index in [4.69, 9.17) is 0 Å². The summed E-state index contributed by atoms with van der Waals surface area (Å²) in [5.74, 6) is -0.0585. The Morgan fingerprint density at radius 1 is 0.931 bits per heavy atom. The summed E-state index contributed by atoms with van der Waals surface area (Å²) in [5, 5.41) is 6.31. The Hall–Kier alpha value is -3.27. The van der Waals surface area contributed by atoms with Gasteiger partial charge in [-0.25, -0.2) is 0 Å². The van der Waals surface area contributed by atoms with Gasteiger partial charge in [0.2, 0.25) is 5.91 Å². The number of hydrogen-bond donors (Lipinski definition) is 2. The van der Waals surface area contributed by atoms with Crippen molar-refractivity contribution in [1.29, 1.82) is 0 Å². The van der Waals surface area contributed by atoms with Crippen molar-refractivity contribution in [2.75, 3.05) is 22.1 Å². The average Bonchev–Trinajstić information content (AvgIpc) is 2.73. The fraction of sp³-hybridized carbons (Fsp3) is 0.240.